The lowest BCUT2D eigenvalue weighted by molar-refractivity contribution is 0.268. The van der Waals surface area contributed by atoms with Crippen LogP contribution in [0.15, 0.2) is 29.2 Å². The molecule has 0 saturated carbocycles. The SMILES string of the molecule is CCNCC1CCN(S(=O)(=O)c2cccc(C(C)C)c2)CC1. The molecule has 2 rings (SSSR count). The number of nitrogens with one attached hydrogen (secondary N) is 1. The molecule has 1 aromatic rings. The van der Waals surface area contributed by atoms with Gasteiger partial charge >= 0.3 is 0 Å². The maximum Gasteiger partial charge on any atom is 0.243 e. The molecule has 1 saturated heterocycles. The van der Waals surface area contributed by atoms with Crippen LogP contribution in [0.25, 0.3) is 0 Å². The molecule has 124 valence electrons. The molecule has 0 atom stereocenters. The average molecular weight is 324 g/mol. The van der Waals surface area contributed by atoms with Gasteiger partial charge in [-0.05, 0) is 55.5 Å². The predicted molar refractivity (Wildman–Crippen MR) is 90.6 cm³/mol. The van der Waals surface area contributed by atoms with Crippen molar-refractivity contribution in [3.05, 3.63) is 29.8 Å². The molecular weight excluding hydrogens is 296 g/mol. The highest BCUT2D eigenvalue weighted by Gasteiger charge is 2.29. The molecule has 1 aromatic carbocycles. The van der Waals surface area contributed by atoms with E-state index in [1.54, 1.807) is 10.4 Å². The van der Waals surface area contributed by atoms with Crippen molar-refractivity contribution in [1.82, 2.24) is 9.62 Å². The third-order valence-electron chi connectivity index (χ3n) is 4.42. The van der Waals surface area contributed by atoms with E-state index in [2.05, 4.69) is 26.1 Å². The molecule has 1 aliphatic heterocycles. The van der Waals surface area contributed by atoms with Crippen molar-refractivity contribution in [1.29, 1.82) is 0 Å². The fourth-order valence-corrected chi connectivity index (χ4v) is 4.41. The summed E-state index contributed by atoms with van der Waals surface area (Å²) in [5, 5.41) is 3.36. The number of piperidine rings is 1. The quantitative estimate of drug-likeness (QED) is 0.875. The largest absolute Gasteiger partial charge is 0.317 e. The first-order chi connectivity index (χ1) is 10.4. The molecule has 0 aliphatic carbocycles. The van der Waals surface area contributed by atoms with Crippen LogP contribution in [-0.2, 0) is 10.0 Å². The summed E-state index contributed by atoms with van der Waals surface area (Å²) in [6.07, 6.45) is 1.88. The Labute approximate surface area is 135 Å². The Morgan fingerprint density at radius 3 is 2.55 bits per heavy atom. The zero-order valence-electron chi connectivity index (χ0n) is 13.9. The minimum atomic E-state index is -3.35. The zero-order chi connectivity index (χ0) is 16.2. The van der Waals surface area contributed by atoms with Crippen LogP contribution in [0.3, 0.4) is 0 Å². The summed E-state index contributed by atoms with van der Waals surface area (Å²) in [6.45, 7) is 9.49. The molecule has 0 amide bonds. The number of benzene rings is 1. The van der Waals surface area contributed by atoms with Crippen LogP contribution in [0.1, 0.15) is 45.1 Å². The summed E-state index contributed by atoms with van der Waals surface area (Å²) < 4.78 is 27.2. The van der Waals surface area contributed by atoms with Crippen molar-refractivity contribution < 1.29 is 8.42 Å². The summed E-state index contributed by atoms with van der Waals surface area (Å²) >= 11 is 0. The fourth-order valence-electron chi connectivity index (χ4n) is 2.89. The first kappa shape index (κ1) is 17.4. The first-order valence-electron chi connectivity index (χ1n) is 8.26. The Morgan fingerprint density at radius 1 is 1.27 bits per heavy atom. The number of nitrogens with zero attached hydrogens (tertiary/aromatic N) is 1. The van der Waals surface area contributed by atoms with Crippen molar-refractivity contribution in [2.75, 3.05) is 26.2 Å². The summed E-state index contributed by atoms with van der Waals surface area (Å²) in [4.78, 5) is 0.434. The first-order valence-corrected chi connectivity index (χ1v) is 9.70. The van der Waals surface area contributed by atoms with Crippen LogP contribution in [-0.4, -0.2) is 38.9 Å². The highest BCUT2D eigenvalue weighted by molar-refractivity contribution is 7.89. The van der Waals surface area contributed by atoms with Gasteiger partial charge in [0.25, 0.3) is 0 Å². The van der Waals surface area contributed by atoms with Crippen molar-refractivity contribution in [2.45, 2.75) is 44.4 Å². The van der Waals surface area contributed by atoms with Crippen LogP contribution < -0.4 is 5.32 Å². The molecule has 1 heterocycles. The lowest BCUT2D eigenvalue weighted by atomic mass is 9.98. The summed E-state index contributed by atoms with van der Waals surface area (Å²) in [5.74, 6) is 0.925. The third-order valence-corrected chi connectivity index (χ3v) is 6.31. The maximum atomic E-state index is 12.8. The Balaban J connectivity index is 2.07. The third kappa shape index (κ3) is 4.09. The predicted octanol–water partition coefficient (Wildman–Crippen LogP) is 2.82. The molecule has 0 bridgehead atoms. The lowest BCUT2D eigenvalue weighted by Crippen LogP contribution is -2.40. The van der Waals surface area contributed by atoms with E-state index in [4.69, 9.17) is 0 Å². The van der Waals surface area contributed by atoms with E-state index in [1.165, 1.54) is 0 Å². The Hall–Kier alpha value is -0.910. The van der Waals surface area contributed by atoms with Crippen LogP contribution in [0.2, 0.25) is 0 Å². The van der Waals surface area contributed by atoms with E-state index >= 15 is 0 Å². The monoisotopic (exact) mass is 324 g/mol. The topological polar surface area (TPSA) is 49.4 Å². The van der Waals surface area contributed by atoms with Crippen molar-refractivity contribution >= 4 is 10.0 Å². The van der Waals surface area contributed by atoms with Gasteiger partial charge in [0.05, 0.1) is 4.90 Å². The molecule has 0 spiro atoms. The molecule has 4 nitrogen and oxygen atoms in total. The second-order valence-electron chi connectivity index (χ2n) is 6.38. The Kier molecular flexibility index (Phi) is 6.01. The minimum absolute atomic E-state index is 0.334. The van der Waals surface area contributed by atoms with Gasteiger partial charge in [0.2, 0.25) is 10.0 Å². The molecule has 1 aliphatic rings. The molecule has 5 heteroatoms. The van der Waals surface area contributed by atoms with Gasteiger partial charge in [-0.3, -0.25) is 0 Å². The standard InChI is InChI=1S/C17H28N2O2S/c1-4-18-13-15-8-10-19(11-9-15)22(20,21)17-7-5-6-16(12-17)14(2)3/h5-7,12,14-15,18H,4,8-11,13H2,1-3H3. The normalized spacial score (nSPS) is 18.0. The Bertz CT molecular complexity index is 576. The smallest absolute Gasteiger partial charge is 0.243 e. The number of hydrogen-bond acceptors (Lipinski definition) is 3. The van der Waals surface area contributed by atoms with Gasteiger partial charge in [-0.25, -0.2) is 8.42 Å². The van der Waals surface area contributed by atoms with Gasteiger partial charge in [-0.15, -0.1) is 0 Å². The van der Waals surface area contributed by atoms with Crippen LogP contribution >= 0.6 is 0 Å². The zero-order valence-corrected chi connectivity index (χ0v) is 14.7. The molecule has 22 heavy (non-hydrogen) atoms. The van der Waals surface area contributed by atoms with Crippen LogP contribution in [0.4, 0.5) is 0 Å². The molecule has 1 fully saturated rings. The highest BCUT2D eigenvalue weighted by atomic mass is 32.2. The summed E-state index contributed by atoms with van der Waals surface area (Å²) in [5.41, 5.74) is 1.07. The van der Waals surface area contributed by atoms with Gasteiger partial charge in [0.1, 0.15) is 0 Å². The van der Waals surface area contributed by atoms with Crippen molar-refractivity contribution in [3.63, 3.8) is 0 Å². The number of sulfonamides is 1. The second kappa shape index (κ2) is 7.57. The Morgan fingerprint density at radius 2 is 1.95 bits per heavy atom. The van der Waals surface area contributed by atoms with Crippen LogP contribution in [0, 0.1) is 5.92 Å². The van der Waals surface area contributed by atoms with E-state index < -0.39 is 10.0 Å². The summed E-state index contributed by atoms with van der Waals surface area (Å²) in [6, 6.07) is 7.38. The van der Waals surface area contributed by atoms with Crippen molar-refractivity contribution in [3.8, 4) is 0 Å². The van der Waals surface area contributed by atoms with E-state index in [0.29, 0.717) is 29.8 Å². The molecule has 0 unspecified atom stereocenters. The lowest BCUT2D eigenvalue weighted by Gasteiger charge is -2.31. The van der Waals surface area contributed by atoms with E-state index in [9.17, 15) is 8.42 Å². The van der Waals surface area contributed by atoms with E-state index in [0.717, 1.165) is 31.5 Å². The number of hydrogen-bond donors (Lipinski definition) is 1. The second-order valence-corrected chi connectivity index (χ2v) is 8.32. The molecule has 1 N–H and O–H groups in total. The average Bonchev–Trinajstić information content (AvgIpc) is 2.53. The van der Waals surface area contributed by atoms with Gasteiger partial charge in [0.15, 0.2) is 0 Å². The molecular formula is C17H28N2O2S. The fraction of sp³-hybridized carbons (Fsp3) is 0.647. The molecule has 0 radical (unpaired) electrons. The number of rotatable bonds is 6. The molecule has 0 aromatic heterocycles. The highest BCUT2D eigenvalue weighted by Crippen LogP contribution is 2.25. The van der Waals surface area contributed by atoms with E-state index in [-0.39, 0.29) is 0 Å². The van der Waals surface area contributed by atoms with Gasteiger partial charge in [0, 0.05) is 13.1 Å². The minimum Gasteiger partial charge on any atom is -0.317 e. The van der Waals surface area contributed by atoms with Crippen LogP contribution in [0.5, 0.6) is 0 Å². The van der Waals surface area contributed by atoms with Gasteiger partial charge in [-0.1, -0.05) is 32.9 Å². The maximum absolute atomic E-state index is 12.8. The van der Waals surface area contributed by atoms with Gasteiger partial charge < -0.3 is 5.32 Å². The van der Waals surface area contributed by atoms with E-state index in [1.807, 2.05) is 18.2 Å². The van der Waals surface area contributed by atoms with Crippen molar-refractivity contribution in [2.24, 2.45) is 5.92 Å². The summed E-state index contributed by atoms with van der Waals surface area (Å²) in [7, 11) is -3.35. The van der Waals surface area contributed by atoms with Gasteiger partial charge in [-0.2, -0.15) is 4.31 Å².